The first-order chi connectivity index (χ1) is 9.64. The maximum Gasteiger partial charge on any atom is 0.244 e. The molecule has 22 heavy (non-hydrogen) atoms. The van der Waals surface area contributed by atoms with Crippen LogP contribution in [-0.2, 0) is 19.9 Å². The maximum absolute atomic E-state index is 12.7. The van der Waals surface area contributed by atoms with Crippen molar-refractivity contribution in [2.24, 2.45) is 0 Å². The SMILES string of the molecule is C[C@H]1CNCCN1S(=O)(=O)c1ccc(S(C)(=O)=O)cc1Br.Cl. The molecule has 2 rings (SSSR count). The Kier molecular flexibility index (Phi) is 6.45. The Bertz CT molecular complexity index is 752. The molecule has 126 valence electrons. The number of hydrogen-bond donors (Lipinski definition) is 1. The molecule has 1 fully saturated rings. The van der Waals surface area contributed by atoms with Gasteiger partial charge in [0.1, 0.15) is 0 Å². The van der Waals surface area contributed by atoms with Crippen molar-refractivity contribution in [3.8, 4) is 0 Å². The molecule has 1 aliphatic rings. The molecule has 0 unspecified atom stereocenters. The molecule has 1 N–H and O–H groups in total. The Labute approximate surface area is 145 Å². The Morgan fingerprint density at radius 3 is 2.41 bits per heavy atom. The van der Waals surface area contributed by atoms with Crippen LogP contribution >= 0.6 is 28.3 Å². The van der Waals surface area contributed by atoms with Gasteiger partial charge in [0.15, 0.2) is 9.84 Å². The molecule has 0 radical (unpaired) electrons. The Balaban J connectivity index is 0.00000242. The van der Waals surface area contributed by atoms with Crippen molar-refractivity contribution in [3.63, 3.8) is 0 Å². The molecule has 0 spiro atoms. The molecular formula is C12H18BrClN2O4S2. The van der Waals surface area contributed by atoms with Crippen molar-refractivity contribution in [1.82, 2.24) is 9.62 Å². The van der Waals surface area contributed by atoms with Gasteiger partial charge >= 0.3 is 0 Å². The summed E-state index contributed by atoms with van der Waals surface area (Å²) in [6.45, 7) is 3.42. The minimum atomic E-state index is -3.65. The van der Waals surface area contributed by atoms with E-state index in [1.54, 1.807) is 0 Å². The summed E-state index contributed by atoms with van der Waals surface area (Å²) in [4.78, 5) is 0.172. The standard InChI is InChI=1S/C12H17BrN2O4S2.ClH/c1-9-8-14-5-6-15(9)21(18,19)12-4-3-10(7-11(12)13)20(2,16)17;/h3-4,7,9,14H,5-6,8H2,1-2H3;1H/t9-;/m0./s1. The fourth-order valence-electron chi connectivity index (χ4n) is 2.23. The summed E-state index contributed by atoms with van der Waals surface area (Å²) >= 11 is 3.18. The van der Waals surface area contributed by atoms with Gasteiger partial charge in [-0.25, -0.2) is 16.8 Å². The molecule has 0 saturated carbocycles. The fourth-order valence-corrected chi connectivity index (χ4v) is 5.70. The Hall–Kier alpha value is -0.190. The van der Waals surface area contributed by atoms with Crippen molar-refractivity contribution < 1.29 is 16.8 Å². The number of sulfonamides is 1. The van der Waals surface area contributed by atoms with Crippen molar-refractivity contribution in [2.45, 2.75) is 22.8 Å². The summed E-state index contributed by atoms with van der Waals surface area (Å²) in [5.74, 6) is 0. The number of nitrogens with one attached hydrogen (secondary N) is 1. The zero-order valence-corrected chi connectivity index (χ0v) is 16.1. The van der Waals surface area contributed by atoms with E-state index < -0.39 is 19.9 Å². The van der Waals surface area contributed by atoms with Gasteiger partial charge in [0.25, 0.3) is 0 Å². The number of hydrogen-bond acceptors (Lipinski definition) is 5. The Morgan fingerprint density at radius 2 is 1.91 bits per heavy atom. The predicted molar refractivity (Wildman–Crippen MR) is 90.7 cm³/mol. The Morgan fingerprint density at radius 1 is 1.27 bits per heavy atom. The molecule has 1 atom stereocenters. The van der Waals surface area contributed by atoms with Crippen LogP contribution in [0.25, 0.3) is 0 Å². The van der Waals surface area contributed by atoms with Crippen LogP contribution in [0.5, 0.6) is 0 Å². The predicted octanol–water partition coefficient (Wildman–Crippen LogP) is 1.26. The third kappa shape index (κ3) is 4.01. The van der Waals surface area contributed by atoms with Crippen LogP contribution in [0, 0.1) is 0 Å². The highest BCUT2D eigenvalue weighted by atomic mass is 79.9. The molecule has 0 bridgehead atoms. The topological polar surface area (TPSA) is 83.6 Å². The summed E-state index contributed by atoms with van der Waals surface area (Å²) in [6.07, 6.45) is 1.08. The van der Waals surface area contributed by atoms with E-state index >= 15 is 0 Å². The molecule has 1 aliphatic heterocycles. The molecule has 1 aromatic rings. The molecule has 0 aliphatic carbocycles. The first kappa shape index (κ1) is 19.9. The lowest BCUT2D eigenvalue weighted by Gasteiger charge is -2.33. The highest BCUT2D eigenvalue weighted by Gasteiger charge is 2.32. The minimum absolute atomic E-state index is 0. The van der Waals surface area contributed by atoms with Crippen molar-refractivity contribution in [3.05, 3.63) is 22.7 Å². The number of benzene rings is 1. The lowest BCUT2D eigenvalue weighted by atomic mass is 10.3. The number of sulfone groups is 1. The average molecular weight is 434 g/mol. The van der Waals surface area contributed by atoms with Crippen LogP contribution in [0.15, 0.2) is 32.5 Å². The van der Waals surface area contributed by atoms with Gasteiger partial charge in [-0.15, -0.1) is 12.4 Å². The van der Waals surface area contributed by atoms with E-state index in [0.717, 1.165) is 6.26 Å². The monoisotopic (exact) mass is 432 g/mol. The second-order valence-electron chi connectivity index (χ2n) is 5.03. The van der Waals surface area contributed by atoms with Crippen LogP contribution in [-0.4, -0.2) is 53.1 Å². The summed E-state index contributed by atoms with van der Waals surface area (Å²) in [5.41, 5.74) is 0. The first-order valence-electron chi connectivity index (χ1n) is 6.36. The lowest BCUT2D eigenvalue weighted by molar-refractivity contribution is 0.283. The average Bonchev–Trinajstić information content (AvgIpc) is 2.37. The quantitative estimate of drug-likeness (QED) is 0.776. The zero-order chi connectivity index (χ0) is 15.8. The van der Waals surface area contributed by atoms with E-state index in [0.29, 0.717) is 19.6 Å². The van der Waals surface area contributed by atoms with Gasteiger partial charge in [0.2, 0.25) is 10.0 Å². The van der Waals surface area contributed by atoms with Crippen LogP contribution in [0.2, 0.25) is 0 Å². The molecule has 6 nitrogen and oxygen atoms in total. The third-order valence-electron chi connectivity index (χ3n) is 3.36. The first-order valence-corrected chi connectivity index (χ1v) is 10.5. The molecule has 1 saturated heterocycles. The van der Waals surface area contributed by atoms with E-state index in [2.05, 4.69) is 21.2 Å². The van der Waals surface area contributed by atoms with Gasteiger partial charge in [-0.2, -0.15) is 4.31 Å². The molecule has 1 heterocycles. The molecular weight excluding hydrogens is 416 g/mol. The van der Waals surface area contributed by atoms with Gasteiger partial charge in [-0.05, 0) is 41.1 Å². The smallest absolute Gasteiger partial charge is 0.244 e. The van der Waals surface area contributed by atoms with Crippen molar-refractivity contribution in [1.29, 1.82) is 0 Å². The second kappa shape index (κ2) is 7.14. The van der Waals surface area contributed by atoms with E-state index in [1.807, 2.05) is 6.92 Å². The number of nitrogens with zero attached hydrogens (tertiary/aromatic N) is 1. The van der Waals surface area contributed by atoms with Gasteiger partial charge in [0.05, 0.1) is 9.79 Å². The molecule has 0 aromatic heterocycles. The van der Waals surface area contributed by atoms with Crippen LogP contribution in [0.1, 0.15) is 6.92 Å². The normalized spacial score (nSPS) is 20.4. The van der Waals surface area contributed by atoms with Gasteiger partial charge in [0, 0.05) is 36.4 Å². The summed E-state index contributed by atoms with van der Waals surface area (Å²) in [6, 6.07) is 3.84. The fraction of sp³-hybridized carbons (Fsp3) is 0.500. The van der Waals surface area contributed by atoms with E-state index in [4.69, 9.17) is 0 Å². The maximum atomic E-state index is 12.7. The summed E-state index contributed by atoms with van der Waals surface area (Å²) in [5, 5.41) is 3.13. The second-order valence-corrected chi connectivity index (χ2v) is 9.76. The summed E-state index contributed by atoms with van der Waals surface area (Å²) in [7, 11) is -7.02. The van der Waals surface area contributed by atoms with Crippen molar-refractivity contribution >= 4 is 48.2 Å². The van der Waals surface area contributed by atoms with E-state index in [-0.39, 0.29) is 32.7 Å². The van der Waals surface area contributed by atoms with Gasteiger partial charge in [-0.3, -0.25) is 0 Å². The molecule has 1 aromatic carbocycles. The minimum Gasteiger partial charge on any atom is -0.314 e. The van der Waals surface area contributed by atoms with Gasteiger partial charge < -0.3 is 5.32 Å². The van der Waals surface area contributed by atoms with E-state index in [1.165, 1.54) is 22.5 Å². The number of rotatable bonds is 3. The van der Waals surface area contributed by atoms with Crippen LogP contribution < -0.4 is 5.32 Å². The van der Waals surface area contributed by atoms with Crippen LogP contribution in [0.3, 0.4) is 0 Å². The third-order valence-corrected chi connectivity index (χ3v) is 7.46. The molecule has 10 heteroatoms. The number of piperazine rings is 1. The lowest BCUT2D eigenvalue weighted by Crippen LogP contribution is -2.52. The van der Waals surface area contributed by atoms with Gasteiger partial charge in [-0.1, -0.05) is 0 Å². The highest BCUT2D eigenvalue weighted by Crippen LogP contribution is 2.29. The van der Waals surface area contributed by atoms with E-state index in [9.17, 15) is 16.8 Å². The number of halogens is 2. The largest absolute Gasteiger partial charge is 0.314 e. The van der Waals surface area contributed by atoms with Crippen LogP contribution in [0.4, 0.5) is 0 Å². The van der Waals surface area contributed by atoms with Crippen molar-refractivity contribution in [2.75, 3.05) is 25.9 Å². The molecule has 0 amide bonds. The highest BCUT2D eigenvalue weighted by molar-refractivity contribution is 9.10. The zero-order valence-electron chi connectivity index (χ0n) is 12.1. The summed E-state index contributed by atoms with van der Waals surface area (Å²) < 4.78 is 50.1.